The SMILES string of the molecule is Cc1ccc(-c2cc(-c3ccc(Br)cc3)c3c(NCc4ccccc4)ncnc3n2)cc1. The highest BCUT2D eigenvalue weighted by atomic mass is 79.9. The van der Waals surface area contributed by atoms with E-state index < -0.39 is 0 Å². The van der Waals surface area contributed by atoms with E-state index in [9.17, 15) is 0 Å². The third kappa shape index (κ3) is 4.25. The lowest BCUT2D eigenvalue weighted by Gasteiger charge is -2.14. The number of aryl methyl sites for hydroxylation is 1. The molecule has 1 N–H and O–H groups in total. The molecule has 0 saturated heterocycles. The van der Waals surface area contributed by atoms with Crippen LogP contribution in [0.3, 0.4) is 0 Å². The van der Waals surface area contributed by atoms with Crippen LogP contribution in [0, 0.1) is 6.92 Å². The van der Waals surface area contributed by atoms with Crippen LogP contribution in [0.4, 0.5) is 5.82 Å². The molecule has 5 heteroatoms. The zero-order valence-electron chi connectivity index (χ0n) is 17.6. The van der Waals surface area contributed by atoms with Gasteiger partial charge in [-0.25, -0.2) is 15.0 Å². The molecular weight excluding hydrogens is 460 g/mol. The van der Waals surface area contributed by atoms with Crippen molar-refractivity contribution in [1.82, 2.24) is 15.0 Å². The van der Waals surface area contributed by atoms with Crippen molar-refractivity contribution in [2.45, 2.75) is 13.5 Å². The second kappa shape index (κ2) is 8.89. The Kier molecular flexibility index (Phi) is 5.65. The highest BCUT2D eigenvalue weighted by molar-refractivity contribution is 9.10. The smallest absolute Gasteiger partial charge is 0.165 e. The maximum atomic E-state index is 4.89. The molecule has 0 saturated carbocycles. The number of anilines is 1. The van der Waals surface area contributed by atoms with Crippen LogP contribution >= 0.6 is 15.9 Å². The van der Waals surface area contributed by atoms with Crippen molar-refractivity contribution in [2.75, 3.05) is 5.32 Å². The summed E-state index contributed by atoms with van der Waals surface area (Å²) in [4.78, 5) is 14.0. The number of pyridine rings is 1. The van der Waals surface area contributed by atoms with Gasteiger partial charge in [-0.15, -0.1) is 0 Å². The molecule has 5 aromatic rings. The molecule has 5 rings (SSSR count). The Bertz CT molecular complexity index is 1370. The molecule has 0 amide bonds. The van der Waals surface area contributed by atoms with E-state index in [1.165, 1.54) is 11.1 Å². The third-order valence-electron chi connectivity index (χ3n) is 5.41. The van der Waals surface area contributed by atoms with E-state index in [2.05, 4.69) is 92.7 Å². The molecular formula is C27H21BrN4. The van der Waals surface area contributed by atoms with Gasteiger partial charge in [0.05, 0.1) is 11.1 Å². The minimum Gasteiger partial charge on any atom is -0.365 e. The van der Waals surface area contributed by atoms with Gasteiger partial charge in [-0.05, 0) is 41.8 Å². The molecule has 4 nitrogen and oxygen atoms in total. The number of aromatic nitrogens is 3. The third-order valence-corrected chi connectivity index (χ3v) is 5.94. The first-order valence-corrected chi connectivity index (χ1v) is 11.2. The summed E-state index contributed by atoms with van der Waals surface area (Å²) in [6.07, 6.45) is 1.58. The first-order chi connectivity index (χ1) is 15.7. The monoisotopic (exact) mass is 480 g/mol. The summed E-state index contributed by atoms with van der Waals surface area (Å²) < 4.78 is 1.04. The average molecular weight is 481 g/mol. The Morgan fingerprint density at radius 1 is 0.812 bits per heavy atom. The Labute approximate surface area is 195 Å². The summed E-state index contributed by atoms with van der Waals surface area (Å²) >= 11 is 3.54. The molecule has 156 valence electrons. The van der Waals surface area contributed by atoms with E-state index >= 15 is 0 Å². The predicted molar refractivity (Wildman–Crippen MR) is 134 cm³/mol. The molecule has 0 aliphatic rings. The van der Waals surface area contributed by atoms with Crippen LogP contribution in [0.5, 0.6) is 0 Å². The molecule has 32 heavy (non-hydrogen) atoms. The van der Waals surface area contributed by atoms with Crippen LogP contribution < -0.4 is 5.32 Å². The van der Waals surface area contributed by atoms with E-state index in [1.807, 2.05) is 30.3 Å². The fraction of sp³-hybridized carbons (Fsp3) is 0.0741. The van der Waals surface area contributed by atoms with Gasteiger partial charge in [0.2, 0.25) is 0 Å². The van der Waals surface area contributed by atoms with E-state index in [4.69, 9.17) is 4.98 Å². The van der Waals surface area contributed by atoms with Crippen LogP contribution in [0.25, 0.3) is 33.4 Å². The van der Waals surface area contributed by atoms with Crippen LogP contribution in [0.1, 0.15) is 11.1 Å². The zero-order chi connectivity index (χ0) is 21.9. The van der Waals surface area contributed by atoms with Crippen molar-refractivity contribution in [3.63, 3.8) is 0 Å². The molecule has 3 aromatic carbocycles. The van der Waals surface area contributed by atoms with Gasteiger partial charge >= 0.3 is 0 Å². The zero-order valence-corrected chi connectivity index (χ0v) is 19.2. The van der Waals surface area contributed by atoms with Gasteiger partial charge in [-0.2, -0.15) is 0 Å². The second-order valence-corrected chi connectivity index (χ2v) is 8.60. The second-order valence-electron chi connectivity index (χ2n) is 7.69. The standard InChI is InChI=1S/C27H21BrN4/c1-18-7-9-21(10-8-18)24-15-23(20-11-13-22(28)14-12-20)25-26(30-17-31-27(25)32-24)29-16-19-5-3-2-4-6-19/h2-15,17H,16H2,1H3,(H,29,30,31,32). The van der Waals surface area contributed by atoms with Gasteiger partial charge in [0, 0.05) is 16.6 Å². The summed E-state index contributed by atoms with van der Waals surface area (Å²) in [6.45, 7) is 2.76. The van der Waals surface area contributed by atoms with Crippen LogP contribution in [-0.4, -0.2) is 15.0 Å². The fourth-order valence-corrected chi connectivity index (χ4v) is 3.97. The Balaban J connectivity index is 1.67. The molecule has 0 atom stereocenters. The van der Waals surface area contributed by atoms with Crippen molar-refractivity contribution in [1.29, 1.82) is 0 Å². The highest BCUT2D eigenvalue weighted by Gasteiger charge is 2.15. The lowest BCUT2D eigenvalue weighted by molar-refractivity contribution is 1.10. The first-order valence-electron chi connectivity index (χ1n) is 10.4. The minimum absolute atomic E-state index is 0.673. The summed E-state index contributed by atoms with van der Waals surface area (Å²) in [5, 5.41) is 4.41. The van der Waals surface area contributed by atoms with E-state index in [-0.39, 0.29) is 0 Å². The van der Waals surface area contributed by atoms with Crippen molar-refractivity contribution < 1.29 is 0 Å². The number of nitrogens with one attached hydrogen (secondary N) is 1. The fourth-order valence-electron chi connectivity index (χ4n) is 3.71. The lowest BCUT2D eigenvalue weighted by atomic mass is 9.99. The van der Waals surface area contributed by atoms with Gasteiger partial charge in [0.25, 0.3) is 0 Å². The number of nitrogens with zero attached hydrogens (tertiary/aromatic N) is 3. The number of halogens is 1. The maximum absolute atomic E-state index is 4.89. The van der Waals surface area contributed by atoms with E-state index in [0.29, 0.717) is 12.2 Å². The van der Waals surface area contributed by atoms with Crippen LogP contribution in [0.2, 0.25) is 0 Å². The molecule has 0 aliphatic heterocycles. The quantitative estimate of drug-likeness (QED) is 0.293. The summed E-state index contributed by atoms with van der Waals surface area (Å²) in [7, 11) is 0. The molecule has 2 heterocycles. The largest absolute Gasteiger partial charge is 0.365 e. The van der Waals surface area contributed by atoms with Crippen LogP contribution in [0.15, 0.2) is 95.7 Å². The number of fused-ring (bicyclic) bond motifs is 1. The van der Waals surface area contributed by atoms with Crippen molar-refractivity contribution in [3.8, 4) is 22.4 Å². The molecule has 0 spiro atoms. The number of hydrogen-bond donors (Lipinski definition) is 1. The van der Waals surface area contributed by atoms with Gasteiger partial charge in [-0.1, -0.05) is 88.2 Å². The Hall–Kier alpha value is -3.57. The molecule has 0 fully saturated rings. The molecule has 0 radical (unpaired) electrons. The molecule has 0 bridgehead atoms. The number of benzene rings is 3. The topological polar surface area (TPSA) is 50.7 Å². The highest BCUT2D eigenvalue weighted by Crippen LogP contribution is 2.35. The van der Waals surface area contributed by atoms with Crippen molar-refractivity contribution in [3.05, 3.63) is 107 Å². The van der Waals surface area contributed by atoms with Gasteiger partial charge in [-0.3, -0.25) is 0 Å². The maximum Gasteiger partial charge on any atom is 0.165 e. The van der Waals surface area contributed by atoms with Crippen molar-refractivity contribution >= 4 is 32.8 Å². The van der Waals surface area contributed by atoms with Crippen molar-refractivity contribution in [2.24, 2.45) is 0 Å². The molecule has 0 aliphatic carbocycles. The Morgan fingerprint density at radius 3 is 2.28 bits per heavy atom. The Morgan fingerprint density at radius 2 is 1.53 bits per heavy atom. The van der Waals surface area contributed by atoms with Gasteiger partial charge in [0.15, 0.2) is 5.65 Å². The van der Waals surface area contributed by atoms with E-state index in [1.54, 1.807) is 6.33 Å². The molecule has 2 aromatic heterocycles. The van der Waals surface area contributed by atoms with Gasteiger partial charge in [0.1, 0.15) is 12.1 Å². The van der Waals surface area contributed by atoms with Crippen LogP contribution in [-0.2, 0) is 6.54 Å². The normalized spacial score (nSPS) is 10.9. The number of hydrogen-bond acceptors (Lipinski definition) is 4. The first kappa shape index (κ1) is 20.3. The lowest BCUT2D eigenvalue weighted by Crippen LogP contribution is -2.04. The average Bonchev–Trinajstić information content (AvgIpc) is 2.83. The van der Waals surface area contributed by atoms with Gasteiger partial charge < -0.3 is 5.32 Å². The van der Waals surface area contributed by atoms with E-state index in [0.717, 1.165) is 38.1 Å². The minimum atomic E-state index is 0.673. The number of rotatable bonds is 5. The molecule has 0 unspecified atom stereocenters. The summed E-state index contributed by atoms with van der Waals surface area (Å²) in [5.41, 5.74) is 7.18. The predicted octanol–water partition coefficient (Wildman–Crippen LogP) is 7.04. The summed E-state index contributed by atoms with van der Waals surface area (Å²) in [5.74, 6) is 0.778. The summed E-state index contributed by atoms with van der Waals surface area (Å²) in [6, 6.07) is 29.1.